The van der Waals surface area contributed by atoms with Crippen molar-refractivity contribution < 1.29 is 71.1 Å². The fourth-order valence-electron chi connectivity index (χ4n) is 3.74. The van der Waals surface area contributed by atoms with Crippen LogP contribution in [0.15, 0.2) is 82.1 Å². The van der Waals surface area contributed by atoms with Crippen molar-refractivity contribution in [2.45, 2.75) is 105 Å². The van der Waals surface area contributed by atoms with Crippen molar-refractivity contribution in [2.24, 2.45) is 0 Å². The zero-order valence-electron chi connectivity index (χ0n) is 36.7. The van der Waals surface area contributed by atoms with Crippen molar-refractivity contribution in [3.8, 4) is 22.3 Å². The Morgan fingerprint density at radius 2 is 0.655 bits per heavy atom. The summed E-state index contributed by atoms with van der Waals surface area (Å²) in [5, 5.41) is 0. The molecule has 4 rings (SSSR count). The molecule has 0 radical (unpaired) electrons. The van der Waals surface area contributed by atoms with E-state index in [1.54, 1.807) is 24.3 Å². The summed E-state index contributed by atoms with van der Waals surface area (Å²) in [6.45, 7) is 25.4. The molecule has 4 aromatic rings. The number of pyridine rings is 2. The maximum atomic E-state index is 9.75. The fraction of sp³-hybridized carbons (Fsp3) is 0.444. The molecule has 0 spiro atoms. The van der Waals surface area contributed by atoms with Gasteiger partial charge in [0.2, 0.25) is 0 Å². The smallest absolute Gasteiger partial charge is 0.418 e. The van der Waals surface area contributed by atoms with Gasteiger partial charge in [0.05, 0.1) is 24.4 Å². The summed E-state index contributed by atoms with van der Waals surface area (Å²) in [5.41, 5.74) is 3.20. The van der Waals surface area contributed by atoms with Gasteiger partial charge in [-0.15, -0.1) is 0 Å². The Kier molecular flexibility index (Phi) is 15.6. The standard InChI is InChI=1S/2C18H24NO.3BF4/c2*1-17(2,3)15-11-14(13-7-9-19-10-8-13)12-16(20-15)18(4,5)6;3*2-1(3,4)5/h2*7-12H,1-6H3;;;/q2*+1;3*-1/p+1/i2*9D,10D;;;. The minimum atomic E-state index is -6.00. The molecule has 0 aliphatic heterocycles. The van der Waals surface area contributed by atoms with Crippen LogP contribution in [-0.4, -0.2) is 26.7 Å². The number of hydrogen-bond donors (Lipinski definition) is 0. The molecule has 0 saturated heterocycles. The number of nitrogens with one attached hydrogen (secondary N) is 1. The van der Waals surface area contributed by atoms with Crippen molar-refractivity contribution >= 4 is 21.8 Å². The number of hydrogen-bond acceptors (Lipinski definition) is 1. The van der Waals surface area contributed by atoms with Gasteiger partial charge in [-0.3, -0.25) is 4.98 Å². The molecule has 4 heterocycles. The summed E-state index contributed by atoms with van der Waals surface area (Å²) < 4.78 is 160. The maximum absolute atomic E-state index is 9.75. The number of rotatable bonds is 2. The Bertz CT molecular complexity index is 1700. The van der Waals surface area contributed by atoms with E-state index >= 15 is 0 Å². The molecule has 1 N–H and O–H groups in total. The van der Waals surface area contributed by atoms with Crippen LogP contribution in [-0.2, 0) is 21.7 Å². The van der Waals surface area contributed by atoms with Crippen LogP contribution in [0.25, 0.3) is 22.3 Å². The summed E-state index contributed by atoms with van der Waals surface area (Å²) in [5.74, 6) is 3.59. The highest BCUT2D eigenvalue weighted by molar-refractivity contribution is 6.50. The molecule has 19 heteroatoms. The highest BCUT2D eigenvalue weighted by Crippen LogP contribution is 2.35. The van der Waals surface area contributed by atoms with Gasteiger partial charge in [-0.1, -0.05) is 0 Å². The van der Waals surface area contributed by atoms with Crippen molar-refractivity contribution in [2.75, 3.05) is 0 Å². The number of aromatic nitrogens is 2. The first-order chi connectivity index (χ1) is 25.9. The van der Waals surface area contributed by atoms with E-state index in [0.717, 1.165) is 45.3 Å². The fourth-order valence-corrected chi connectivity index (χ4v) is 3.74. The molecule has 0 atom stereocenters. The van der Waals surface area contributed by atoms with Crippen LogP contribution in [0.4, 0.5) is 51.8 Å². The first-order valence-electron chi connectivity index (χ1n) is 18.5. The molecular formula is C36H49B3F12N2O2. The molecule has 0 bridgehead atoms. The van der Waals surface area contributed by atoms with E-state index in [1.807, 2.05) is 24.3 Å². The Morgan fingerprint density at radius 3 is 0.873 bits per heavy atom. The van der Waals surface area contributed by atoms with Gasteiger partial charge < -0.3 is 51.8 Å². The third kappa shape index (κ3) is 24.9. The summed E-state index contributed by atoms with van der Waals surface area (Å²) in [4.78, 5) is 6.49. The van der Waals surface area contributed by atoms with Gasteiger partial charge in [-0.05, 0) is 112 Å². The van der Waals surface area contributed by atoms with Crippen LogP contribution in [0.2, 0.25) is 0 Å². The summed E-state index contributed by atoms with van der Waals surface area (Å²) in [6, 6.07) is 14.9. The predicted molar refractivity (Wildman–Crippen MR) is 197 cm³/mol. The molecule has 0 aliphatic carbocycles. The minimum absolute atomic E-state index is 0.107. The number of aromatic amines is 1. The van der Waals surface area contributed by atoms with Gasteiger partial charge in [0.15, 0.2) is 12.3 Å². The van der Waals surface area contributed by atoms with Gasteiger partial charge in [0.1, 0.15) is 2.74 Å². The lowest BCUT2D eigenvalue weighted by molar-refractivity contribution is -0.377. The molecule has 4 aromatic heterocycles. The second kappa shape index (κ2) is 19.7. The van der Waals surface area contributed by atoms with Crippen molar-refractivity contribution in [1.82, 2.24) is 4.98 Å². The van der Waals surface area contributed by atoms with Crippen molar-refractivity contribution in [3.05, 3.63) is 96.3 Å². The average molecular weight is 806 g/mol. The first-order valence-corrected chi connectivity index (χ1v) is 16.5. The quantitative estimate of drug-likeness (QED) is 0.115. The van der Waals surface area contributed by atoms with Gasteiger partial charge >= 0.3 is 44.8 Å². The van der Waals surface area contributed by atoms with Crippen LogP contribution >= 0.6 is 0 Å². The number of H-pyrrole nitrogens is 1. The van der Waals surface area contributed by atoms with E-state index in [0.29, 0.717) is 0 Å². The summed E-state index contributed by atoms with van der Waals surface area (Å²) >= 11 is 0. The Balaban J connectivity index is 0.000000850. The summed E-state index contributed by atoms with van der Waals surface area (Å²) in [6.07, 6.45) is 0.687. The van der Waals surface area contributed by atoms with Crippen molar-refractivity contribution in [3.63, 3.8) is 0 Å². The zero-order chi connectivity index (χ0) is 46.9. The van der Waals surface area contributed by atoms with Gasteiger partial charge in [-0.25, -0.2) is 13.8 Å². The van der Waals surface area contributed by atoms with Crippen LogP contribution in [0.5, 0.6) is 0 Å². The third-order valence-corrected chi connectivity index (χ3v) is 6.38. The van der Waals surface area contributed by atoms with E-state index in [2.05, 4.69) is 93.1 Å². The monoisotopic (exact) mass is 806 g/mol. The number of halogens is 12. The minimum Gasteiger partial charge on any atom is -0.418 e. The Hall–Kier alpha value is -4.05. The molecule has 0 unspecified atom stereocenters. The van der Waals surface area contributed by atoms with Crippen LogP contribution in [0.3, 0.4) is 0 Å². The van der Waals surface area contributed by atoms with Crippen LogP contribution in [0.1, 0.15) is 112 Å². The predicted octanol–water partition coefficient (Wildman–Crippen LogP) is 13.8. The average Bonchev–Trinajstić information content (AvgIpc) is 2.96. The van der Waals surface area contributed by atoms with E-state index in [1.165, 1.54) is 0 Å². The van der Waals surface area contributed by atoms with Crippen LogP contribution < -0.4 is 4.98 Å². The maximum Gasteiger partial charge on any atom is 0.673 e. The second-order valence-electron chi connectivity index (χ2n) is 15.9. The lowest BCUT2D eigenvalue weighted by Gasteiger charge is -2.15. The normalized spacial score (nSPS) is 13.4. The van der Waals surface area contributed by atoms with Gasteiger partial charge in [0, 0.05) is 54.3 Å². The Labute approximate surface area is 321 Å². The zero-order valence-corrected chi connectivity index (χ0v) is 32.7. The topological polar surface area (TPSA) is 49.6 Å². The number of nitrogens with zero attached hydrogens (tertiary/aromatic N) is 1. The highest BCUT2D eigenvalue weighted by atomic mass is 19.5. The molecule has 0 amide bonds. The highest BCUT2D eigenvalue weighted by Gasteiger charge is 2.35. The molecule has 0 aliphatic rings. The lowest BCUT2D eigenvalue weighted by Crippen LogP contribution is -2.16. The van der Waals surface area contributed by atoms with Gasteiger partial charge in [-0.2, -0.15) is 0 Å². The molecule has 4 nitrogen and oxygen atoms in total. The largest absolute Gasteiger partial charge is 0.673 e. The molecular weight excluding hydrogens is 753 g/mol. The molecule has 0 fully saturated rings. The van der Waals surface area contributed by atoms with E-state index in [4.69, 9.17) is 14.3 Å². The van der Waals surface area contributed by atoms with Gasteiger partial charge in [0.25, 0.3) is 0 Å². The van der Waals surface area contributed by atoms with E-state index in [-0.39, 0.29) is 46.4 Å². The third-order valence-electron chi connectivity index (χ3n) is 6.38. The van der Waals surface area contributed by atoms with Crippen LogP contribution in [0, 0.1) is 0 Å². The molecule has 0 saturated carbocycles. The molecule has 55 heavy (non-hydrogen) atoms. The lowest BCUT2D eigenvalue weighted by atomic mass is 9.87. The second-order valence-corrected chi connectivity index (χ2v) is 15.9. The molecule has 308 valence electrons. The van der Waals surface area contributed by atoms with E-state index in [9.17, 15) is 51.8 Å². The SMILES string of the molecule is F[B-](F)(F)F.F[B-](F)(F)F.F[B-](F)(F)F.[2H]c1cc(-c2cc(C(C)(C)C)[o+]c(C(C)(C)C)c2)cc([2H])[nH+]1.[2H]c1cc(-c2cc(C(C)(C)C)[o+]c(C(C)(C)C)c2)cc([2H])n1. The Morgan fingerprint density at radius 1 is 0.436 bits per heavy atom. The first kappa shape index (κ1) is 43.7. The van der Waals surface area contributed by atoms with E-state index < -0.39 is 21.8 Å². The summed E-state index contributed by atoms with van der Waals surface area (Å²) in [7, 11) is -18.0. The molecule has 0 aromatic carbocycles. The van der Waals surface area contributed by atoms with Crippen molar-refractivity contribution in [1.29, 1.82) is 0 Å².